The molecule has 0 aliphatic carbocycles. The number of fused-ring (bicyclic) bond motifs is 1. The molecule has 0 radical (unpaired) electrons. The molecule has 27 heavy (non-hydrogen) atoms. The Labute approximate surface area is 167 Å². The van der Waals surface area contributed by atoms with Crippen LogP contribution in [0.1, 0.15) is 63.3 Å². The SMILES string of the molecule is CCCCCCCCCn1c(/C=C/c2ccc(Cl)cc2)nc2ccccc21. The van der Waals surface area contributed by atoms with Gasteiger partial charge in [0.1, 0.15) is 5.82 Å². The molecule has 1 heterocycles. The van der Waals surface area contributed by atoms with Crippen molar-refractivity contribution in [2.45, 2.75) is 58.4 Å². The molecular formula is C24H29ClN2. The van der Waals surface area contributed by atoms with Gasteiger partial charge in [0.2, 0.25) is 0 Å². The van der Waals surface area contributed by atoms with E-state index in [2.05, 4.69) is 47.9 Å². The molecule has 1 aromatic heterocycles. The molecule has 0 aliphatic rings. The van der Waals surface area contributed by atoms with Crippen LogP contribution >= 0.6 is 11.6 Å². The summed E-state index contributed by atoms with van der Waals surface area (Å²) in [4.78, 5) is 4.83. The van der Waals surface area contributed by atoms with Gasteiger partial charge in [-0.15, -0.1) is 0 Å². The van der Waals surface area contributed by atoms with E-state index in [0.29, 0.717) is 0 Å². The predicted molar refractivity (Wildman–Crippen MR) is 118 cm³/mol. The fraction of sp³-hybridized carbons (Fsp3) is 0.375. The Hall–Kier alpha value is -2.06. The van der Waals surface area contributed by atoms with Gasteiger partial charge >= 0.3 is 0 Å². The number of imidazole rings is 1. The molecule has 3 aromatic rings. The Bertz CT molecular complexity index is 862. The van der Waals surface area contributed by atoms with Crippen LogP contribution in [-0.2, 0) is 6.54 Å². The Kier molecular flexibility index (Phi) is 7.53. The Morgan fingerprint density at radius 1 is 0.852 bits per heavy atom. The fourth-order valence-electron chi connectivity index (χ4n) is 3.43. The van der Waals surface area contributed by atoms with Crippen molar-refractivity contribution in [2.75, 3.05) is 0 Å². The first-order valence-electron chi connectivity index (χ1n) is 10.2. The van der Waals surface area contributed by atoms with Gasteiger partial charge in [-0.05, 0) is 42.3 Å². The number of aryl methyl sites for hydroxylation is 1. The Morgan fingerprint density at radius 2 is 1.56 bits per heavy atom. The lowest BCUT2D eigenvalue weighted by Gasteiger charge is -2.07. The summed E-state index contributed by atoms with van der Waals surface area (Å²) >= 11 is 5.98. The minimum absolute atomic E-state index is 0.762. The minimum atomic E-state index is 0.762. The van der Waals surface area contributed by atoms with Gasteiger partial charge < -0.3 is 4.57 Å². The van der Waals surface area contributed by atoms with Crippen molar-refractivity contribution in [2.24, 2.45) is 0 Å². The highest BCUT2D eigenvalue weighted by atomic mass is 35.5. The molecule has 0 fully saturated rings. The van der Waals surface area contributed by atoms with Gasteiger partial charge in [-0.2, -0.15) is 0 Å². The molecule has 0 spiro atoms. The van der Waals surface area contributed by atoms with E-state index in [9.17, 15) is 0 Å². The number of hydrogen-bond donors (Lipinski definition) is 0. The van der Waals surface area contributed by atoms with Crippen LogP contribution in [0, 0.1) is 0 Å². The standard InChI is InChI=1S/C24H29ClN2/c1-2-3-4-5-6-7-10-19-27-23-12-9-8-11-22(23)26-24(27)18-15-20-13-16-21(25)17-14-20/h8-9,11-18H,2-7,10,19H2,1H3/b18-15+. The molecule has 2 nitrogen and oxygen atoms in total. The molecule has 0 unspecified atom stereocenters. The summed E-state index contributed by atoms with van der Waals surface area (Å²) in [5.41, 5.74) is 3.42. The van der Waals surface area contributed by atoms with Gasteiger partial charge in [-0.25, -0.2) is 4.98 Å². The predicted octanol–water partition coefficient (Wildman–Crippen LogP) is 7.61. The zero-order chi connectivity index (χ0) is 18.9. The molecular weight excluding hydrogens is 352 g/mol. The lowest BCUT2D eigenvalue weighted by Crippen LogP contribution is -2.00. The number of aromatic nitrogens is 2. The van der Waals surface area contributed by atoms with Crippen molar-refractivity contribution >= 4 is 34.8 Å². The normalized spacial score (nSPS) is 11.6. The van der Waals surface area contributed by atoms with Crippen LogP contribution in [-0.4, -0.2) is 9.55 Å². The molecule has 0 atom stereocenters. The topological polar surface area (TPSA) is 17.8 Å². The van der Waals surface area contributed by atoms with E-state index in [1.165, 1.54) is 50.5 Å². The summed E-state index contributed by atoms with van der Waals surface area (Å²) in [6, 6.07) is 16.3. The summed E-state index contributed by atoms with van der Waals surface area (Å²) in [6.07, 6.45) is 13.5. The molecule has 0 bridgehead atoms. The van der Waals surface area contributed by atoms with Crippen LogP contribution < -0.4 is 0 Å². The van der Waals surface area contributed by atoms with E-state index >= 15 is 0 Å². The highest BCUT2D eigenvalue weighted by Gasteiger charge is 2.07. The number of para-hydroxylation sites is 2. The van der Waals surface area contributed by atoms with Crippen LogP contribution in [0.25, 0.3) is 23.2 Å². The third-order valence-electron chi connectivity index (χ3n) is 4.96. The number of hydrogen-bond acceptors (Lipinski definition) is 1. The molecule has 3 heteroatoms. The summed E-state index contributed by atoms with van der Waals surface area (Å²) in [5.74, 6) is 1.03. The van der Waals surface area contributed by atoms with Crippen molar-refractivity contribution in [3.05, 3.63) is 64.9 Å². The summed E-state index contributed by atoms with van der Waals surface area (Å²) < 4.78 is 2.35. The van der Waals surface area contributed by atoms with Crippen LogP contribution in [0.5, 0.6) is 0 Å². The third kappa shape index (κ3) is 5.71. The molecule has 142 valence electrons. The number of nitrogens with zero attached hydrogens (tertiary/aromatic N) is 2. The highest BCUT2D eigenvalue weighted by molar-refractivity contribution is 6.30. The van der Waals surface area contributed by atoms with E-state index in [1.807, 2.05) is 24.3 Å². The first-order chi connectivity index (χ1) is 13.3. The second kappa shape index (κ2) is 10.3. The number of halogens is 1. The first-order valence-corrected chi connectivity index (χ1v) is 10.5. The van der Waals surface area contributed by atoms with Gasteiger partial charge in [-0.1, -0.05) is 87.4 Å². The van der Waals surface area contributed by atoms with Crippen molar-refractivity contribution in [3.63, 3.8) is 0 Å². The van der Waals surface area contributed by atoms with E-state index < -0.39 is 0 Å². The average molecular weight is 381 g/mol. The van der Waals surface area contributed by atoms with E-state index in [0.717, 1.165) is 28.5 Å². The summed E-state index contributed by atoms with van der Waals surface area (Å²) in [7, 11) is 0. The van der Waals surface area contributed by atoms with E-state index in [-0.39, 0.29) is 0 Å². The number of rotatable bonds is 10. The number of unbranched alkanes of at least 4 members (excludes halogenated alkanes) is 6. The van der Waals surface area contributed by atoms with Crippen molar-refractivity contribution in [1.82, 2.24) is 9.55 Å². The Morgan fingerprint density at radius 3 is 2.33 bits per heavy atom. The smallest absolute Gasteiger partial charge is 0.133 e. The lowest BCUT2D eigenvalue weighted by atomic mass is 10.1. The minimum Gasteiger partial charge on any atom is -0.324 e. The molecule has 3 rings (SSSR count). The van der Waals surface area contributed by atoms with Gasteiger partial charge in [-0.3, -0.25) is 0 Å². The lowest BCUT2D eigenvalue weighted by molar-refractivity contribution is 0.554. The second-order valence-electron chi connectivity index (χ2n) is 7.12. The molecule has 0 saturated heterocycles. The maximum Gasteiger partial charge on any atom is 0.133 e. The summed E-state index contributed by atoms with van der Waals surface area (Å²) in [6.45, 7) is 3.29. The molecule has 0 saturated carbocycles. The molecule has 0 amide bonds. The van der Waals surface area contributed by atoms with Gasteiger partial charge in [0.05, 0.1) is 11.0 Å². The van der Waals surface area contributed by atoms with Gasteiger partial charge in [0.15, 0.2) is 0 Å². The van der Waals surface area contributed by atoms with Crippen LogP contribution in [0.2, 0.25) is 5.02 Å². The van der Waals surface area contributed by atoms with Crippen molar-refractivity contribution in [1.29, 1.82) is 0 Å². The van der Waals surface area contributed by atoms with Crippen molar-refractivity contribution < 1.29 is 0 Å². The zero-order valence-corrected chi connectivity index (χ0v) is 17.0. The average Bonchev–Trinajstić information content (AvgIpc) is 3.04. The quantitative estimate of drug-likeness (QED) is 0.331. The van der Waals surface area contributed by atoms with Gasteiger partial charge in [0, 0.05) is 11.6 Å². The molecule has 0 aliphatic heterocycles. The van der Waals surface area contributed by atoms with Crippen molar-refractivity contribution in [3.8, 4) is 0 Å². The van der Waals surface area contributed by atoms with Crippen LogP contribution in [0.4, 0.5) is 0 Å². The zero-order valence-electron chi connectivity index (χ0n) is 16.2. The first kappa shape index (κ1) is 19.7. The van der Waals surface area contributed by atoms with Crippen LogP contribution in [0.3, 0.4) is 0 Å². The second-order valence-corrected chi connectivity index (χ2v) is 7.55. The monoisotopic (exact) mass is 380 g/mol. The fourth-order valence-corrected chi connectivity index (χ4v) is 3.55. The highest BCUT2D eigenvalue weighted by Crippen LogP contribution is 2.20. The maximum absolute atomic E-state index is 5.98. The number of benzene rings is 2. The molecule has 2 aromatic carbocycles. The molecule has 0 N–H and O–H groups in total. The van der Waals surface area contributed by atoms with E-state index in [4.69, 9.17) is 16.6 Å². The van der Waals surface area contributed by atoms with Crippen LogP contribution in [0.15, 0.2) is 48.5 Å². The maximum atomic E-state index is 5.98. The van der Waals surface area contributed by atoms with Gasteiger partial charge in [0.25, 0.3) is 0 Å². The Balaban J connectivity index is 1.69. The van der Waals surface area contributed by atoms with E-state index in [1.54, 1.807) is 0 Å². The summed E-state index contributed by atoms with van der Waals surface area (Å²) in [5, 5.41) is 0.762. The third-order valence-corrected chi connectivity index (χ3v) is 5.22. The largest absolute Gasteiger partial charge is 0.324 e.